The van der Waals surface area contributed by atoms with Gasteiger partial charge in [-0.2, -0.15) is 0 Å². The summed E-state index contributed by atoms with van der Waals surface area (Å²) in [6.07, 6.45) is 2.16. The lowest BCUT2D eigenvalue weighted by Gasteiger charge is -2.07. The molecule has 3 N–H and O–H groups in total. The summed E-state index contributed by atoms with van der Waals surface area (Å²) < 4.78 is 0. The molecular weight excluding hydrogens is 270 g/mol. The molecule has 0 saturated heterocycles. The fourth-order valence-electron chi connectivity index (χ4n) is 1.85. The van der Waals surface area contributed by atoms with E-state index in [1.807, 2.05) is 0 Å². The smallest absolute Gasteiger partial charge is 0.226 e. The molecule has 3 amide bonds. The van der Waals surface area contributed by atoms with Gasteiger partial charge in [0.15, 0.2) is 0 Å². The largest absolute Gasteiger partial charge is 0.355 e. The van der Waals surface area contributed by atoms with Crippen molar-refractivity contribution in [1.82, 2.24) is 5.32 Å². The Morgan fingerprint density at radius 3 is 2.14 bits per heavy atom. The van der Waals surface area contributed by atoms with Gasteiger partial charge in [0.05, 0.1) is 0 Å². The van der Waals surface area contributed by atoms with E-state index in [4.69, 9.17) is 0 Å². The van der Waals surface area contributed by atoms with Crippen molar-refractivity contribution < 1.29 is 14.4 Å². The van der Waals surface area contributed by atoms with E-state index in [1.165, 1.54) is 6.92 Å². The average Bonchev–Trinajstić information content (AvgIpc) is 3.24. The Balaban J connectivity index is 1.71. The van der Waals surface area contributed by atoms with E-state index in [-0.39, 0.29) is 30.1 Å². The minimum Gasteiger partial charge on any atom is -0.355 e. The van der Waals surface area contributed by atoms with Crippen LogP contribution in [0.15, 0.2) is 24.3 Å². The molecule has 1 aliphatic rings. The number of nitrogens with one attached hydrogen (secondary N) is 3. The second kappa shape index (κ2) is 6.88. The lowest BCUT2D eigenvalue weighted by molar-refractivity contribution is -0.122. The highest BCUT2D eigenvalue weighted by Gasteiger charge is 2.29. The highest BCUT2D eigenvalue weighted by molar-refractivity contribution is 5.92. The highest BCUT2D eigenvalue weighted by atomic mass is 16.2. The zero-order chi connectivity index (χ0) is 15.2. The van der Waals surface area contributed by atoms with Crippen LogP contribution in [0.1, 0.15) is 26.2 Å². The fourth-order valence-corrected chi connectivity index (χ4v) is 1.85. The predicted octanol–water partition coefficient (Wildman–Crippen LogP) is 1.50. The summed E-state index contributed by atoms with van der Waals surface area (Å²) >= 11 is 0. The molecule has 1 saturated carbocycles. The fraction of sp³-hybridized carbons (Fsp3) is 0.400. The van der Waals surface area contributed by atoms with E-state index in [2.05, 4.69) is 16.0 Å². The van der Waals surface area contributed by atoms with Crippen LogP contribution in [0.2, 0.25) is 0 Å². The molecule has 1 fully saturated rings. The molecule has 6 heteroatoms. The molecule has 0 spiro atoms. The van der Waals surface area contributed by atoms with Crippen molar-refractivity contribution in [2.45, 2.75) is 26.2 Å². The lowest BCUT2D eigenvalue weighted by atomic mass is 10.2. The molecule has 0 bridgehead atoms. The summed E-state index contributed by atoms with van der Waals surface area (Å²) in [6.45, 7) is 1.79. The Morgan fingerprint density at radius 1 is 1.05 bits per heavy atom. The third-order valence-corrected chi connectivity index (χ3v) is 3.09. The molecule has 0 aromatic heterocycles. The second-order valence-corrected chi connectivity index (χ2v) is 5.12. The van der Waals surface area contributed by atoms with Crippen LogP contribution in [0.5, 0.6) is 0 Å². The standard InChI is InChI=1S/C15H19N3O3/c1-10(19)17-12-4-6-13(7-5-12)18-14(20)8-9-16-15(21)11-2-3-11/h4-7,11H,2-3,8-9H2,1H3,(H,16,21)(H,17,19)(H,18,20). The van der Waals surface area contributed by atoms with Gasteiger partial charge in [-0.25, -0.2) is 0 Å². The van der Waals surface area contributed by atoms with Gasteiger partial charge < -0.3 is 16.0 Å². The summed E-state index contributed by atoms with van der Waals surface area (Å²) in [7, 11) is 0. The van der Waals surface area contributed by atoms with Crippen molar-refractivity contribution in [2.75, 3.05) is 17.2 Å². The molecule has 0 heterocycles. The van der Waals surface area contributed by atoms with Crippen molar-refractivity contribution in [2.24, 2.45) is 5.92 Å². The minimum atomic E-state index is -0.154. The number of hydrogen-bond acceptors (Lipinski definition) is 3. The first-order valence-corrected chi connectivity index (χ1v) is 7.00. The van der Waals surface area contributed by atoms with E-state index in [9.17, 15) is 14.4 Å². The maximum Gasteiger partial charge on any atom is 0.226 e. The molecule has 0 unspecified atom stereocenters. The minimum absolute atomic E-state index is 0.0439. The van der Waals surface area contributed by atoms with Crippen LogP contribution in [0, 0.1) is 5.92 Å². The first kappa shape index (κ1) is 15.0. The number of carbonyl (C=O) groups excluding carboxylic acids is 3. The second-order valence-electron chi connectivity index (χ2n) is 5.12. The summed E-state index contributed by atoms with van der Waals surface area (Å²) in [5, 5.41) is 8.13. The Bertz CT molecular complexity index is 536. The van der Waals surface area contributed by atoms with Crippen LogP contribution >= 0.6 is 0 Å². The molecular formula is C15H19N3O3. The molecule has 1 aromatic carbocycles. The maximum atomic E-state index is 11.7. The molecule has 21 heavy (non-hydrogen) atoms. The topological polar surface area (TPSA) is 87.3 Å². The zero-order valence-corrected chi connectivity index (χ0v) is 11.9. The lowest BCUT2D eigenvalue weighted by Crippen LogP contribution is -2.28. The quantitative estimate of drug-likeness (QED) is 0.741. The van der Waals surface area contributed by atoms with E-state index >= 15 is 0 Å². The molecule has 6 nitrogen and oxygen atoms in total. The number of rotatable bonds is 6. The van der Waals surface area contributed by atoms with Crippen molar-refractivity contribution in [3.63, 3.8) is 0 Å². The van der Waals surface area contributed by atoms with Gasteiger partial charge in [0, 0.05) is 37.2 Å². The summed E-state index contributed by atoms with van der Waals surface area (Å²) in [5.41, 5.74) is 1.33. The zero-order valence-electron chi connectivity index (χ0n) is 11.9. The molecule has 1 aliphatic carbocycles. The van der Waals surface area contributed by atoms with E-state index < -0.39 is 0 Å². The van der Waals surface area contributed by atoms with Crippen molar-refractivity contribution in [3.05, 3.63) is 24.3 Å². The normalized spacial score (nSPS) is 13.4. The van der Waals surface area contributed by atoms with Gasteiger partial charge in [-0.15, -0.1) is 0 Å². The average molecular weight is 289 g/mol. The monoisotopic (exact) mass is 289 g/mol. The number of anilines is 2. The van der Waals surface area contributed by atoms with Gasteiger partial charge in [-0.3, -0.25) is 14.4 Å². The number of amides is 3. The van der Waals surface area contributed by atoms with Crippen LogP contribution in [-0.4, -0.2) is 24.3 Å². The molecule has 0 aliphatic heterocycles. The van der Waals surface area contributed by atoms with E-state index in [0.29, 0.717) is 17.9 Å². The summed E-state index contributed by atoms with van der Waals surface area (Å²) in [6, 6.07) is 6.86. The maximum absolute atomic E-state index is 11.7. The van der Waals surface area contributed by atoms with Crippen molar-refractivity contribution in [3.8, 4) is 0 Å². The molecule has 0 atom stereocenters. The van der Waals surface area contributed by atoms with E-state index in [1.54, 1.807) is 24.3 Å². The van der Waals surface area contributed by atoms with Gasteiger partial charge in [0.25, 0.3) is 0 Å². The summed E-state index contributed by atoms with van der Waals surface area (Å²) in [5.74, 6) is -0.0894. The van der Waals surface area contributed by atoms with Crippen molar-refractivity contribution in [1.29, 1.82) is 0 Å². The first-order valence-electron chi connectivity index (χ1n) is 7.00. The molecule has 1 aromatic rings. The van der Waals surface area contributed by atoms with Crippen LogP contribution < -0.4 is 16.0 Å². The van der Waals surface area contributed by atoms with Gasteiger partial charge >= 0.3 is 0 Å². The SMILES string of the molecule is CC(=O)Nc1ccc(NC(=O)CCNC(=O)C2CC2)cc1. The van der Waals surface area contributed by atoms with E-state index in [0.717, 1.165) is 12.8 Å². The molecule has 0 radical (unpaired) electrons. The Labute approximate surface area is 123 Å². The van der Waals surface area contributed by atoms with Gasteiger partial charge in [0.2, 0.25) is 17.7 Å². The van der Waals surface area contributed by atoms with Crippen molar-refractivity contribution >= 4 is 29.1 Å². The first-order chi connectivity index (χ1) is 10.0. The van der Waals surface area contributed by atoms with Crippen LogP contribution in [0.3, 0.4) is 0 Å². The number of carbonyl (C=O) groups is 3. The Morgan fingerprint density at radius 2 is 1.62 bits per heavy atom. The predicted molar refractivity (Wildman–Crippen MR) is 79.7 cm³/mol. The summed E-state index contributed by atoms with van der Waals surface area (Å²) in [4.78, 5) is 34.0. The van der Waals surface area contributed by atoms with Gasteiger partial charge in [-0.1, -0.05) is 0 Å². The highest BCUT2D eigenvalue weighted by Crippen LogP contribution is 2.28. The van der Waals surface area contributed by atoms with Crippen LogP contribution in [0.25, 0.3) is 0 Å². The van der Waals surface area contributed by atoms with Gasteiger partial charge in [-0.05, 0) is 37.1 Å². The Kier molecular flexibility index (Phi) is 4.92. The number of benzene rings is 1. The van der Waals surface area contributed by atoms with Gasteiger partial charge in [0.1, 0.15) is 0 Å². The van der Waals surface area contributed by atoms with Crippen LogP contribution in [0.4, 0.5) is 11.4 Å². The third-order valence-electron chi connectivity index (χ3n) is 3.09. The number of hydrogen-bond donors (Lipinski definition) is 3. The molecule has 112 valence electrons. The molecule has 2 rings (SSSR count). The van der Waals surface area contributed by atoms with Crippen LogP contribution in [-0.2, 0) is 14.4 Å². The Hall–Kier alpha value is -2.37. The third kappa shape index (κ3) is 5.25.